The van der Waals surface area contributed by atoms with E-state index in [0.29, 0.717) is 19.4 Å². The molecule has 0 aromatic heterocycles. The van der Waals surface area contributed by atoms with Gasteiger partial charge in [-0.3, -0.25) is 19.7 Å². The normalized spacial score (nSPS) is 18.3. The van der Waals surface area contributed by atoms with Crippen LogP contribution in [0.4, 0.5) is 5.69 Å². The van der Waals surface area contributed by atoms with E-state index in [0.717, 1.165) is 0 Å². The lowest BCUT2D eigenvalue weighted by Crippen LogP contribution is -2.44. The molecule has 21 heavy (non-hydrogen) atoms. The van der Waals surface area contributed by atoms with E-state index in [1.807, 2.05) is 0 Å². The van der Waals surface area contributed by atoms with Gasteiger partial charge in [-0.15, -0.1) is 0 Å². The Morgan fingerprint density at radius 3 is 2.76 bits per heavy atom. The maximum atomic E-state index is 12.4. The third-order valence-corrected chi connectivity index (χ3v) is 3.91. The van der Waals surface area contributed by atoms with Crippen molar-refractivity contribution in [2.75, 3.05) is 13.1 Å². The van der Waals surface area contributed by atoms with Crippen molar-refractivity contribution in [3.05, 3.63) is 38.9 Å². The lowest BCUT2D eigenvalue weighted by molar-refractivity contribution is -0.384. The molecule has 1 saturated heterocycles. The molecule has 112 valence electrons. The number of piperidine rings is 1. The van der Waals surface area contributed by atoms with Crippen molar-refractivity contribution in [2.45, 2.75) is 12.8 Å². The minimum Gasteiger partial charge on any atom is -0.369 e. The number of carbonyl (C=O) groups excluding carboxylic acids is 2. The van der Waals surface area contributed by atoms with Crippen LogP contribution in [0.25, 0.3) is 0 Å². The summed E-state index contributed by atoms with van der Waals surface area (Å²) in [4.78, 5) is 35.3. The van der Waals surface area contributed by atoms with Gasteiger partial charge in [-0.05, 0) is 18.9 Å². The average Bonchev–Trinajstić information content (AvgIpc) is 2.46. The molecule has 1 heterocycles. The third kappa shape index (κ3) is 3.13. The highest BCUT2D eigenvalue weighted by atomic mass is 35.5. The van der Waals surface area contributed by atoms with Crippen molar-refractivity contribution in [3.8, 4) is 0 Å². The van der Waals surface area contributed by atoms with Crippen LogP contribution in [0, 0.1) is 16.0 Å². The molecule has 1 aromatic carbocycles. The van der Waals surface area contributed by atoms with E-state index in [1.165, 1.54) is 23.1 Å². The molecular formula is C13H14ClN3O4. The summed E-state index contributed by atoms with van der Waals surface area (Å²) in [5.41, 5.74) is 5.02. The highest BCUT2D eigenvalue weighted by molar-refractivity contribution is 6.35. The highest BCUT2D eigenvalue weighted by Gasteiger charge is 2.30. The predicted molar refractivity (Wildman–Crippen MR) is 75.9 cm³/mol. The summed E-state index contributed by atoms with van der Waals surface area (Å²) in [5.74, 6) is -1.26. The number of nitrogens with zero attached hydrogens (tertiary/aromatic N) is 2. The first-order valence-corrected chi connectivity index (χ1v) is 6.81. The van der Waals surface area contributed by atoms with Gasteiger partial charge in [0, 0.05) is 19.2 Å². The Morgan fingerprint density at radius 2 is 2.14 bits per heavy atom. The largest absolute Gasteiger partial charge is 0.369 e. The van der Waals surface area contributed by atoms with E-state index in [-0.39, 0.29) is 28.7 Å². The zero-order valence-electron chi connectivity index (χ0n) is 11.1. The van der Waals surface area contributed by atoms with Gasteiger partial charge in [0.05, 0.1) is 16.4 Å². The minimum absolute atomic E-state index is 0.0657. The summed E-state index contributed by atoms with van der Waals surface area (Å²) in [6, 6.07) is 4.08. The molecule has 1 aromatic rings. The summed E-state index contributed by atoms with van der Waals surface area (Å²) >= 11 is 5.94. The Kier molecular flexibility index (Phi) is 4.42. The second-order valence-corrected chi connectivity index (χ2v) is 5.27. The first kappa shape index (κ1) is 15.2. The van der Waals surface area contributed by atoms with Gasteiger partial charge in [-0.1, -0.05) is 17.7 Å². The number of benzene rings is 1. The van der Waals surface area contributed by atoms with Crippen LogP contribution in [-0.2, 0) is 4.79 Å². The molecule has 2 rings (SSSR count). The Balaban J connectivity index is 2.26. The van der Waals surface area contributed by atoms with Gasteiger partial charge in [-0.2, -0.15) is 0 Å². The molecule has 2 N–H and O–H groups in total. The monoisotopic (exact) mass is 311 g/mol. The van der Waals surface area contributed by atoms with E-state index < -0.39 is 16.7 Å². The SMILES string of the molecule is NC(=O)C1CCCN(C(=O)c2cccc([N+](=O)[O-])c2Cl)C1. The molecule has 2 amide bonds. The van der Waals surface area contributed by atoms with E-state index in [2.05, 4.69) is 0 Å². The summed E-state index contributed by atoms with van der Waals surface area (Å²) in [7, 11) is 0. The van der Waals surface area contributed by atoms with Gasteiger partial charge >= 0.3 is 0 Å². The number of primary amides is 1. The number of amides is 2. The number of rotatable bonds is 3. The van der Waals surface area contributed by atoms with Crippen molar-refractivity contribution < 1.29 is 14.5 Å². The molecule has 0 radical (unpaired) electrons. The number of nitrogens with two attached hydrogens (primary N) is 1. The lowest BCUT2D eigenvalue weighted by atomic mass is 9.97. The summed E-state index contributed by atoms with van der Waals surface area (Å²) in [6.07, 6.45) is 1.30. The van der Waals surface area contributed by atoms with Crippen LogP contribution in [0.2, 0.25) is 5.02 Å². The van der Waals surface area contributed by atoms with Crippen molar-refractivity contribution in [3.63, 3.8) is 0 Å². The van der Waals surface area contributed by atoms with Gasteiger partial charge in [0.1, 0.15) is 5.02 Å². The van der Waals surface area contributed by atoms with E-state index in [9.17, 15) is 19.7 Å². The van der Waals surface area contributed by atoms with Crippen LogP contribution < -0.4 is 5.73 Å². The Labute approximate surface area is 125 Å². The predicted octanol–water partition coefficient (Wildman–Crippen LogP) is 1.59. The molecule has 0 aliphatic carbocycles. The summed E-state index contributed by atoms with van der Waals surface area (Å²) < 4.78 is 0. The molecule has 0 spiro atoms. The van der Waals surface area contributed by atoms with E-state index >= 15 is 0 Å². The molecule has 1 aliphatic heterocycles. The summed E-state index contributed by atoms with van der Waals surface area (Å²) in [5, 5.41) is 10.7. The number of nitro benzene ring substituents is 1. The van der Waals surface area contributed by atoms with Gasteiger partial charge in [0.25, 0.3) is 11.6 Å². The number of nitro groups is 1. The first-order valence-electron chi connectivity index (χ1n) is 6.43. The van der Waals surface area contributed by atoms with Gasteiger partial charge in [0.15, 0.2) is 0 Å². The van der Waals surface area contributed by atoms with Crippen LogP contribution in [0.1, 0.15) is 23.2 Å². The fraction of sp³-hybridized carbons (Fsp3) is 0.385. The van der Waals surface area contributed by atoms with Gasteiger partial charge in [-0.25, -0.2) is 0 Å². The number of halogens is 1. The second kappa shape index (κ2) is 6.09. The fourth-order valence-electron chi connectivity index (χ4n) is 2.39. The maximum Gasteiger partial charge on any atom is 0.288 e. The smallest absolute Gasteiger partial charge is 0.288 e. The van der Waals surface area contributed by atoms with Crippen molar-refractivity contribution in [2.24, 2.45) is 11.7 Å². The van der Waals surface area contributed by atoms with Crippen LogP contribution in [0.15, 0.2) is 18.2 Å². The Morgan fingerprint density at radius 1 is 1.43 bits per heavy atom. The van der Waals surface area contributed by atoms with Crippen LogP contribution in [0.3, 0.4) is 0 Å². The highest BCUT2D eigenvalue weighted by Crippen LogP contribution is 2.29. The quantitative estimate of drug-likeness (QED) is 0.675. The number of hydrogen-bond acceptors (Lipinski definition) is 4. The zero-order chi connectivity index (χ0) is 15.6. The third-order valence-electron chi connectivity index (χ3n) is 3.52. The van der Waals surface area contributed by atoms with Crippen LogP contribution >= 0.6 is 11.6 Å². The van der Waals surface area contributed by atoms with Crippen molar-refractivity contribution >= 4 is 29.1 Å². The first-order chi connectivity index (χ1) is 9.91. The van der Waals surface area contributed by atoms with Gasteiger partial charge < -0.3 is 10.6 Å². The molecule has 1 fully saturated rings. The second-order valence-electron chi connectivity index (χ2n) is 4.89. The molecule has 1 unspecified atom stereocenters. The van der Waals surface area contributed by atoms with E-state index in [1.54, 1.807) is 0 Å². The Bertz CT molecular complexity index is 605. The molecular weight excluding hydrogens is 298 g/mol. The molecule has 8 heteroatoms. The van der Waals surface area contributed by atoms with Crippen LogP contribution in [-0.4, -0.2) is 34.7 Å². The zero-order valence-corrected chi connectivity index (χ0v) is 11.9. The Hall–Kier alpha value is -2.15. The molecule has 0 saturated carbocycles. The van der Waals surface area contributed by atoms with Crippen molar-refractivity contribution in [1.29, 1.82) is 0 Å². The molecule has 0 bridgehead atoms. The molecule has 1 aliphatic rings. The minimum atomic E-state index is -0.637. The lowest BCUT2D eigenvalue weighted by Gasteiger charge is -2.31. The number of likely N-dealkylation sites (tertiary alicyclic amines) is 1. The molecule has 7 nitrogen and oxygen atoms in total. The summed E-state index contributed by atoms with van der Waals surface area (Å²) in [6.45, 7) is 0.689. The van der Waals surface area contributed by atoms with Crippen LogP contribution in [0.5, 0.6) is 0 Å². The standard InChI is InChI=1S/C13H14ClN3O4/c14-11-9(4-1-5-10(11)17(20)21)13(19)16-6-2-3-8(7-16)12(15)18/h1,4-5,8H,2-3,6-7H2,(H2,15,18). The van der Waals surface area contributed by atoms with Gasteiger partial charge in [0.2, 0.25) is 5.91 Å². The molecule has 1 atom stereocenters. The maximum absolute atomic E-state index is 12.4. The average molecular weight is 312 g/mol. The number of carbonyl (C=O) groups is 2. The topological polar surface area (TPSA) is 107 Å². The van der Waals surface area contributed by atoms with E-state index in [4.69, 9.17) is 17.3 Å². The van der Waals surface area contributed by atoms with Crippen molar-refractivity contribution in [1.82, 2.24) is 4.90 Å². The number of hydrogen-bond donors (Lipinski definition) is 1. The fourth-order valence-corrected chi connectivity index (χ4v) is 2.67.